The third kappa shape index (κ3) is 0.809. The van der Waals surface area contributed by atoms with Crippen LogP contribution in [0.25, 0.3) is 0 Å². The van der Waals surface area contributed by atoms with Crippen LogP contribution in [0.15, 0.2) is 18.3 Å². The number of nitrogens with two attached hydrogens (primary N) is 1. The van der Waals surface area contributed by atoms with Crippen molar-refractivity contribution in [2.24, 2.45) is 5.73 Å². The lowest BCUT2D eigenvalue weighted by Gasteiger charge is -1.94. The van der Waals surface area contributed by atoms with Crippen molar-refractivity contribution in [3.8, 4) is 0 Å². The molecular weight excluding hydrogens is 124 g/mol. The molecule has 0 spiro atoms. The number of fused-ring (bicyclic) bond motifs is 1. The molecule has 1 heterocycles. The van der Waals surface area contributed by atoms with E-state index in [0.717, 1.165) is 12.8 Å². The summed E-state index contributed by atoms with van der Waals surface area (Å²) in [5.74, 6) is 0. The minimum atomic E-state index is 0.310. The van der Waals surface area contributed by atoms with Crippen molar-refractivity contribution in [2.45, 2.75) is 18.9 Å². The van der Waals surface area contributed by atoms with Crippen molar-refractivity contribution in [3.63, 3.8) is 0 Å². The third-order valence-electron chi connectivity index (χ3n) is 1.92. The molecule has 0 unspecified atom stereocenters. The third-order valence-corrected chi connectivity index (χ3v) is 1.92. The summed E-state index contributed by atoms with van der Waals surface area (Å²) >= 11 is 0. The summed E-state index contributed by atoms with van der Waals surface area (Å²) in [5.41, 5.74) is 8.26. The molecule has 2 rings (SSSR count). The maximum atomic E-state index is 5.74. The van der Waals surface area contributed by atoms with Gasteiger partial charge in [-0.25, -0.2) is 0 Å². The van der Waals surface area contributed by atoms with E-state index < -0.39 is 0 Å². The van der Waals surface area contributed by atoms with Crippen LogP contribution >= 0.6 is 0 Å². The van der Waals surface area contributed by atoms with E-state index in [1.165, 1.54) is 11.3 Å². The van der Waals surface area contributed by atoms with E-state index in [4.69, 9.17) is 5.73 Å². The Morgan fingerprint density at radius 3 is 3.20 bits per heavy atom. The molecule has 2 N–H and O–H groups in total. The second kappa shape index (κ2) is 2.06. The smallest absolute Gasteiger partial charge is 0.0451 e. The number of aromatic nitrogens is 1. The lowest BCUT2D eigenvalue weighted by atomic mass is 10.2. The molecule has 0 amide bonds. The Morgan fingerprint density at radius 1 is 1.50 bits per heavy atom. The molecule has 10 heavy (non-hydrogen) atoms. The Kier molecular flexibility index (Phi) is 1.21. The van der Waals surface area contributed by atoms with Gasteiger partial charge < -0.3 is 5.73 Å². The van der Waals surface area contributed by atoms with E-state index in [9.17, 15) is 0 Å². The maximum Gasteiger partial charge on any atom is 0.0451 e. The van der Waals surface area contributed by atoms with Crippen LogP contribution in [0.4, 0.5) is 0 Å². The predicted octanol–water partition coefficient (Wildman–Crippen LogP) is 0.508. The van der Waals surface area contributed by atoms with E-state index in [1.54, 1.807) is 0 Å². The van der Waals surface area contributed by atoms with E-state index >= 15 is 0 Å². The number of pyridine rings is 1. The SMILES string of the molecule is N[C@@H]1Cc2cccnc2C1. The predicted molar refractivity (Wildman–Crippen MR) is 39.6 cm³/mol. The molecule has 1 aromatic heterocycles. The summed E-state index contributed by atoms with van der Waals surface area (Å²) in [7, 11) is 0. The van der Waals surface area contributed by atoms with Gasteiger partial charge in [-0.05, 0) is 18.1 Å². The van der Waals surface area contributed by atoms with Crippen LogP contribution < -0.4 is 5.73 Å². The monoisotopic (exact) mass is 134 g/mol. The van der Waals surface area contributed by atoms with E-state index in [-0.39, 0.29) is 0 Å². The second-order valence-corrected chi connectivity index (χ2v) is 2.78. The molecular formula is C8H10N2. The fourth-order valence-corrected chi connectivity index (χ4v) is 1.44. The van der Waals surface area contributed by atoms with Crippen LogP contribution in [0.2, 0.25) is 0 Å². The Balaban J connectivity index is 2.42. The van der Waals surface area contributed by atoms with Crippen LogP contribution in [0.5, 0.6) is 0 Å². The summed E-state index contributed by atoms with van der Waals surface area (Å²) in [5, 5.41) is 0. The van der Waals surface area contributed by atoms with Crippen molar-refractivity contribution in [3.05, 3.63) is 29.6 Å². The first kappa shape index (κ1) is 5.86. The Hall–Kier alpha value is -0.890. The normalized spacial score (nSPS) is 22.7. The molecule has 0 aliphatic heterocycles. The zero-order valence-electron chi connectivity index (χ0n) is 5.75. The van der Waals surface area contributed by atoms with E-state index in [1.807, 2.05) is 12.3 Å². The number of rotatable bonds is 0. The van der Waals surface area contributed by atoms with Crippen molar-refractivity contribution < 1.29 is 0 Å². The average Bonchev–Trinajstić information content (AvgIpc) is 2.27. The van der Waals surface area contributed by atoms with E-state index in [0.29, 0.717) is 6.04 Å². The number of hydrogen-bond acceptors (Lipinski definition) is 2. The Morgan fingerprint density at radius 2 is 2.40 bits per heavy atom. The van der Waals surface area contributed by atoms with Gasteiger partial charge in [-0.3, -0.25) is 4.98 Å². The first-order valence-corrected chi connectivity index (χ1v) is 3.54. The fourth-order valence-electron chi connectivity index (χ4n) is 1.44. The van der Waals surface area contributed by atoms with Crippen molar-refractivity contribution >= 4 is 0 Å². The molecule has 1 aromatic rings. The lowest BCUT2D eigenvalue weighted by Crippen LogP contribution is -2.19. The van der Waals surface area contributed by atoms with Crippen molar-refractivity contribution in [1.82, 2.24) is 4.98 Å². The molecule has 0 fully saturated rings. The van der Waals surface area contributed by atoms with E-state index in [2.05, 4.69) is 11.1 Å². The first-order valence-electron chi connectivity index (χ1n) is 3.54. The topological polar surface area (TPSA) is 38.9 Å². The van der Waals surface area contributed by atoms with Crippen molar-refractivity contribution in [2.75, 3.05) is 0 Å². The molecule has 2 nitrogen and oxygen atoms in total. The quantitative estimate of drug-likeness (QED) is 0.561. The van der Waals surface area contributed by atoms with Gasteiger partial charge in [-0.15, -0.1) is 0 Å². The number of hydrogen-bond donors (Lipinski definition) is 1. The summed E-state index contributed by atoms with van der Waals surface area (Å²) in [6.07, 6.45) is 3.79. The van der Waals surface area contributed by atoms with Crippen LogP contribution in [0, 0.1) is 0 Å². The highest BCUT2D eigenvalue weighted by Crippen LogP contribution is 2.17. The second-order valence-electron chi connectivity index (χ2n) is 2.78. The van der Waals surface area contributed by atoms with Gasteiger partial charge in [0.05, 0.1) is 0 Å². The van der Waals surface area contributed by atoms with Gasteiger partial charge in [0.15, 0.2) is 0 Å². The maximum absolute atomic E-state index is 5.74. The molecule has 1 atom stereocenters. The van der Waals surface area contributed by atoms with Gasteiger partial charge in [0.1, 0.15) is 0 Å². The zero-order chi connectivity index (χ0) is 6.97. The van der Waals surface area contributed by atoms with Gasteiger partial charge in [-0.2, -0.15) is 0 Å². The van der Waals surface area contributed by atoms with Crippen molar-refractivity contribution in [1.29, 1.82) is 0 Å². The minimum absolute atomic E-state index is 0.310. The van der Waals surface area contributed by atoms with Gasteiger partial charge >= 0.3 is 0 Å². The zero-order valence-corrected chi connectivity index (χ0v) is 5.75. The highest BCUT2D eigenvalue weighted by molar-refractivity contribution is 5.26. The highest BCUT2D eigenvalue weighted by atomic mass is 14.7. The van der Waals surface area contributed by atoms with Gasteiger partial charge in [0.2, 0.25) is 0 Å². The van der Waals surface area contributed by atoms with Crippen LogP contribution in [-0.4, -0.2) is 11.0 Å². The Labute approximate surface area is 60.1 Å². The summed E-state index contributed by atoms with van der Waals surface area (Å²) in [6.45, 7) is 0. The van der Waals surface area contributed by atoms with Gasteiger partial charge in [0.25, 0.3) is 0 Å². The fraction of sp³-hybridized carbons (Fsp3) is 0.375. The molecule has 0 bridgehead atoms. The molecule has 0 saturated carbocycles. The summed E-state index contributed by atoms with van der Waals surface area (Å²) in [4.78, 5) is 4.23. The van der Waals surface area contributed by atoms with Gasteiger partial charge in [-0.1, -0.05) is 6.07 Å². The standard InChI is InChI=1S/C8H10N2/c9-7-4-6-2-1-3-10-8(6)5-7/h1-3,7H,4-5,9H2/t7-/m1/s1. The summed E-state index contributed by atoms with van der Waals surface area (Å²) < 4.78 is 0. The highest BCUT2D eigenvalue weighted by Gasteiger charge is 2.17. The molecule has 0 aromatic carbocycles. The molecule has 1 aliphatic carbocycles. The Bertz CT molecular complexity index is 220. The average molecular weight is 134 g/mol. The molecule has 0 radical (unpaired) electrons. The van der Waals surface area contributed by atoms with Crippen LogP contribution in [0.3, 0.4) is 0 Å². The minimum Gasteiger partial charge on any atom is -0.327 e. The van der Waals surface area contributed by atoms with Crippen LogP contribution in [-0.2, 0) is 12.8 Å². The lowest BCUT2D eigenvalue weighted by molar-refractivity contribution is 0.716. The molecule has 2 heteroatoms. The molecule has 1 aliphatic rings. The van der Waals surface area contributed by atoms with Crippen LogP contribution in [0.1, 0.15) is 11.3 Å². The van der Waals surface area contributed by atoms with Gasteiger partial charge in [0, 0.05) is 24.4 Å². The largest absolute Gasteiger partial charge is 0.327 e. The summed E-state index contributed by atoms with van der Waals surface area (Å²) in [6, 6.07) is 4.39. The molecule has 0 saturated heterocycles. The molecule has 52 valence electrons. The number of nitrogens with zero attached hydrogens (tertiary/aromatic N) is 1. The first-order chi connectivity index (χ1) is 4.86.